The normalized spacial score (nSPS) is 11.2. The second kappa shape index (κ2) is 16.0. The monoisotopic (exact) mass is 793 g/mol. The van der Waals surface area contributed by atoms with Crippen LogP contribution in [0.25, 0.3) is 83.9 Å². The summed E-state index contributed by atoms with van der Waals surface area (Å²) in [6.07, 6.45) is 0. The van der Waals surface area contributed by atoms with E-state index in [1.165, 1.54) is 11.1 Å². The highest BCUT2D eigenvalue weighted by molar-refractivity contribution is 6.13. The standard InChI is InChI=1S/C57H39N5/c1-5-19-40(20-6-1)41-35-37-42(38-36-41)49-31-18-32-51-50-30-14-16-34-53(50)62(54(49)51)57-59-55(43-21-7-2-8-22-43)58-56(60-57)45-24-17-23-44(39-45)48-29-13-15-33-52(48)61(46-25-9-3-10-26-46)47-27-11-4-12-28-47/h1-39H. The first-order valence-electron chi connectivity index (χ1n) is 20.9. The van der Waals surface area contributed by atoms with Gasteiger partial charge in [0.2, 0.25) is 5.95 Å². The fraction of sp³-hybridized carbons (Fsp3) is 0. The molecule has 0 saturated heterocycles. The molecule has 0 fully saturated rings. The molecule has 0 aliphatic heterocycles. The van der Waals surface area contributed by atoms with Crippen LogP contribution >= 0.6 is 0 Å². The summed E-state index contributed by atoms with van der Waals surface area (Å²) in [6.45, 7) is 0. The summed E-state index contributed by atoms with van der Waals surface area (Å²) in [5, 5.41) is 2.27. The molecule has 0 saturated carbocycles. The summed E-state index contributed by atoms with van der Waals surface area (Å²) in [7, 11) is 0. The maximum Gasteiger partial charge on any atom is 0.238 e. The molecule has 0 radical (unpaired) electrons. The van der Waals surface area contributed by atoms with E-state index in [9.17, 15) is 0 Å². The lowest BCUT2D eigenvalue weighted by molar-refractivity contribution is 0.954. The van der Waals surface area contributed by atoms with Crippen LogP contribution < -0.4 is 4.90 Å². The number of nitrogens with zero attached hydrogens (tertiary/aromatic N) is 5. The highest BCUT2D eigenvalue weighted by Gasteiger charge is 2.22. The van der Waals surface area contributed by atoms with Crippen LogP contribution in [0, 0.1) is 0 Å². The zero-order valence-corrected chi connectivity index (χ0v) is 33.8. The Morgan fingerprint density at radius 3 is 1.52 bits per heavy atom. The highest BCUT2D eigenvalue weighted by Crippen LogP contribution is 2.42. The predicted octanol–water partition coefficient (Wildman–Crippen LogP) is 14.8. The number of fused-ring (bicyclic) bond motifs is 3. The van der Waals surface area contributed by atoms with Gasteiger partial charge in [-0.25, -0.2) is 4.98 Å². The zero-order valence-electron chi connectivity index (χ0n) is 33.8. The zero-order chi connectivity index (χ0) is 41.2. The number of aromatic nitrogens is 4. The largest absolute Gasteiger partial charge is 0.310 e. The molecule has 9 aromatic carbocycles. The molecule has 5 heteroatoms. The molecule has 0 spiro atoms. The van der Waals surface area contributed by atoms with Gasteiger partial charge in [0, 0.05) is 44.4 Å². The van der Waals surface area contributed by atoms with Gasteiger partial charge in [-0.3, -0.25) is 4.57 Å². The lowest BCUT2D eigenvalue weighted by Gasteiger charge is -2.27. The van der Waals surface area contributed by atoms with Crippen molar-refractivity contribution in [3.8, 4) is 62.1 Å². The van der Waals surface area contributed by atoms with E-state index in [-0.39, 0.29) is 0 Å². The molecule has 11 aromatic rings. The Balaban J connectivity index is 1.09. The molecule has 11 rings (SSSR count). The number of benzene rings is 9. The van der Waals surface area contributed by atoms with Crippen LogP contribution in [0.15, 0.2) is 237 Å². The molecule has 0 unspecified atom stereocenters. The number of rotatable bonds is 9. The van der Waals surface area contributed by atoms with Crippen LogP contribution in [0.5, 0.6) is 0 Å². The topological polar surface area (TPSA) is 46.8 Å². The SMILES string of the molecule is c1ccc(-c2ccc(-c3cccc4c5ccccc5n(-c5nc(-c6ccccc6)nc(-c6cccc(-c7ccccc7N(c7ccccc7)c7ccccc7)c6)n5)c34)cc2)cc1. The van der Waals surface area contributed by atoms with E-state index in [1.54, 1.807) is 0 Å². The Morgan fingerprint density at radius 1 is 0.323 bits per heavy atom. The maximum absolute atomic E-state index is 5.38. The summed E-state index contributed by atoms with van der Waals surface area (Å²) in [5.74, 6) is 1.75. The molecule has 5 nitrogen and oxygen atoms in total. The first-order valence-corrected chi connectivity index (χ1v) is 20.9. The molecule has 0 bridgehead atoms. The summed E-state index contributed by atoms with van der Waals surface area (Å²) < 4.78 is 2.22. The van der Waals surface area contributed by atoms with Crippen LogP contribution in [-0.4, -0.2) is 19.5 Å². The molecule has 62 heavy (non-hydrogen) atoms. The third-order valence-corrected chi connectivity index (χ3v) is 11.5. The van der Waals surface area contributed by atoms with E-state index >= 15 is 0 Å². The Labute approximate surface area is 360 Å². The predicted molar refractivity (Wildman–Crippen MR) is 256 cm³/mol. The molecule has 0 amide bonds. The van der Waals surface area contributed by atoms with Gasteiger partial charge in [-0.2, -0.15) is 9.97 Å². The van der Waals surface area contributed by atoms with Gasteiger partial charge < -0.3 is 4.90 Å². The molecule has 0 atom stereocenters. The molecule has 0 aliphatic rings. The lowest BCUT2D eigenvalue weighted by Crippen LogP contribution is -2.11. The third kappa shape index (κ3) is 6.78. The van der Waals surface area contributed by atoms with Gasteiger partial charge >= 0.3 is 0 Å². The molecule has 2 aromatic heterocycles. The summed E-state index contributed by atoms with van der Waals surface area (Å²) in [6, 6.07) is 82.8. The molecule has 0 aliphatic carbocycles. The van der Waals surface area contributed by atoms with E-state index in [2.05, 4.69) is 228 Å². The highest BCUT2D eigenvalue weighted by atomic mass is 15.2. The smallest absolute Gasteiger partial charge is 0.238 e. The summed E-state index contributed by atoms with van der Waals surface area (Å²) >= 11 is 0. The second-order valence-corrected chi connectivity index (χ2v) is 15.3. The van der Waals surface area contributed by atoms with Crippen molar-refractivity contribution >= 4 is 38.9 Å². The van der Waals surface area contributed by atoms with Crippen LogP contribution in [-0.2, 0) is 0 Å². The average molecular weight is 794 g/mol. The van der Waals surface area contributed by atoms with Gasteiger partial charge in [0.05, 0.1) is 16.7 Å². The fourth-order valence-corrected chi connectivity index (χ4v) is 8.56. The second-order valence-electron chi connectivity index (χ2n) is 15.3. The number of hydrogen-bond donors (Lipinski definition) is 0. The average Bonchev–Trinajstić information content (AvgIpc) is 3.70. The minimum Gasteiger partial charge on any atom is -0.310 e. The minimum atomic E-state index is 0.554. The van der Waals surface area contributed by atoms with Crippen LogP contribution in [0.4, 0.5) is 17.1 Å². The molecular formula is C57H39N5. The van der Waals surface area contributed by atoms with Crippen LogP contribution in [0.3, 0.4) is 0 Å². The first kappa shape index (κ1) is 36.7. The molecule has 2 heterocycles. The molecule has 0 N–H and O–H groups in total. The Bertz CT molecular complexity index is 3290. The van der Waals surface area contributed by atoms with E-state index in [0.717, 1.165) is 72.2 Å². The molecule has 292 valence electrons. The van der Waals surface area contributed by atoms with Crippen molar-refractivity contribution in [1.82, 2.24) is 19.5 Å². The summed E-state index contributed by atoms with van der Waals surface area (Å²) in [4.78, 5) is 18.2. The van der Waals surface area contributed by atoms with Crippen LogP contribution in [0.1, 0.15) is 0 Å². The van der Waals surface area contributed by atoms with Crippen molar-refractivity contribution in [2.45, 2.75) is 0 Å². The lowest BCUT2D eigenvalue weighted by atomic mass is 9.98. The van der Waals surface area contributed by atoms with E-state index < -0.39 is 0 Å². The Hall–Kier alpha value is -8.41. The van der Waals surface area contributed by atoms with E-state index in [4.69, 9.17) is 15.0 Å². The van der Waals surface area contributed by atoms with Gasteiger partial charge in [-0.05, 0) is 64.7 Å². The van der Waals surface area contributed by atoms with Gasteiger partial charge in [-0.1, -0.05) is 194 Å². The third-order valence-electron chi connectivity index (χ3n) is 11.5. The maximum atomic E-state index is 5.38. The van der Waals surface area contributed by atoms with Gasteiger partial charge in [0.15, 0.2) is 11.6 Å². The van der Waals surface area contributed by atoms with Crippen molar-refractivity contribution in [2.24, 2.45) is 0 Å². The van der Waals surface area contributed by atoms with Crippen molar-refractivity contribution in [3.63, 3.8) is 0 Å². The fourth-order valence-electron chi connectivity index (χ4n) is 8.56. The first-order chi connectivity index (χ1) is 30.8. The van der Waals surface area contributed by atoms with Crippen molar-refractivity contribution in [3.05, 3.63) is 237 Å². The van der Waals surface area contributed by atoms with Gasteiger partial charge in [0.1, 0.15) is 0 Å². The number of hydrogen-bond acceptors (Lipinski definition) is 4. The van der Waals surface area contributed by atoms with Crippen molar-refractivity contribution < 1.29 is 0 Å². The number of para-hydroxylation sites is 5. The van der Waals surface area contributed by atoms with Crippen LogP contribution in [0.2, 0.25) is 0 Å². The van der Waals surface area contributed by atoms with Gasteiger partial charge in [-0.15, -0.1) is 0 Å². The minimum absolute atomic E-state index is 0.554. The quantitative estimate of drug-likeness (QED) is 0.146. The van der Waals surface area contributed by atoms with E-state index in [1.807, 2.05) is 18.2 Å². The Kier molecular flexibility index (Phi) is 9.45. The molecular weight excluding hydrogens is 755 g/mol. The van der Waals surface area contributed by atoms with E-state index in [0.29, 0.717) is 17.6 Å². The van der Waals surface area contributed by atoms with Crippen molar-refractivity contribution in [2.75, 3.05) is 4.90 Å². The number of anilines is 3. The Morgan fingerprint density at radius 2 is 0.806 bits per heavy atom. The van der Waals surface area contributed by atoms with Crippen molar-refractivity contribution in [1.29, 1.82) is 0 Å². The summed E-state index contributed by atoms with van der Waals surface area (Å²) in [5.41, 5.74) is 13.8. The van der Waals surface area contributed by atoms with Gasteiger partial charge in [0.25, 0.3) is 0 Å².